The van der Waals surface area contributed by atoms with Crippen LogP contribution in [-0.4, -0.2) is 35.4 Å². The fourth-order valence-corrected chi connectivity index (χ4v) is 2.28. The van der Waals surface area contributed by atoms with Crippen LogP contribution in [0.2, 0.25) is 0 Å². The van der Waals surface area contributed by atoms with Crippen LogP contribution in [0.4, 0.5) is 0 Å². The van der Waals surface area contributed by atoms with Crippen molar-refractivity contribution in [3.63, 3.8) is 0 Å². The van der Waals surface area contributed by atoms with E-state index in [1.165, 1.54) is 36.4 Å². The van der Waals surface area contributed by atoms with Crippen LogP contribution in [0.5, 0.6) is 11.5 Å². The van der Waals surface area contributed by atoms with Crippen LogP contribution >= 0.6 is 0 Å². The van der Waals surface area contributed by atoms with Crippen LogP contribution in [-0.2, 0) is 9.59 Å². The molecular formula is C17H12O8. The molecule has 1 heterocycles. The smallest absolute Gasteiger partial charge is 0.341 e. The first-order valence-electron chi connectivity index (χ1n) is 7.14. The minimum atomic E-state index is -1.13. The number of ether oxygens (including phenoxy) is 2. The zero-order chi connectivity index (χ0) is 18.0. The number of carboxylic acids is 2. The van der Waals surface area contributed by atoms with E-state index in [9.17, 15) is 14.4 Å². The predicted molar refractivity (Wildman–Crippen MR) is 86.3 cm³/mol. The molecule has 0 fully saturated rings. The van der Waals surface area contributed by atoms with E-state index in [4.69, 9.17) is 24.1 Å². The summed E-state index contributed by atoms with van der Waals surface area (Å²) in [6, 6.07) is 8.79. The summed E-state index contributed by atoms with van der Waals surface area (Å²) in [5.41, 5.74) is 0.219. The Kier molecular flexibility index (Phi) is 4.25. The number of hydrogen-bond acceptors (Lipinski definition) is 6. The van der Waals surface area contributed by atoms with Gasteiger partial charge in [0.1, 0.15) is 22.7 Å². The average molecular weight is 344 g/mol. The van der Waals surface area contributed by atoms with E-state index in [1.54, 1.807) is 0 Å². The molecule has 0 saturated heterocycles. The molecule has 0 unspecified atom stereocenters. The largest absolute Gasteiger partial charge is 0.482 e. The third-order valence-corrected chi connectivity index (χ3v) is 3.34. The SMILES string of the molecule is O=C(O)COc1ccc2c(=O)c3cc(OCC(=O)O)ccc3oc2c1. The number of aliphatic carboxylic acids is 2. The second-order valence-corrected chi connectivity index (χ2v) is 5.11. The van der Waals surface area contributed by atoms with Gasteiger partial charge >= 0.3 is 11.9 Å². The molecule has 0 amide bonds. The highest BCUT2D eigenvalue weighted by atomic mass is 16.5. The highest BCUT2D eigenvalue weighted by Crippen LogP contribution is 2.25. The number of carboxylic acid groups (broad SMARTS) is 2. The molecule has 3 rings (SSSR count). The molecule has 0 saturated carbocycles. The van der Waals surface area contributed by atoms with E-state index in [2.05, 4.69) is 0 Å². The molecule has 2 N–H and O–H groups in total. The lowest BCUT2D eigenvalue weighted by molar-refractivity contribution is -0.140. The molecule has 0 spiro atoms. The number of rotatable bonds is 6. The Bertz CT molecular complexity index is 1030. The van der Waals surface area contributed by atoms with Gasteiger partial charge in [-0.2, -0.15) is 0 Å². The molecule has 8 nitrogen and oxygen atoms in total. The van der Waals surface area contributed by atoms with Crippen LogP contribution in [0.15, 0.2) is 45.6 Å². The van der Waals surface area contributed by atoms with Crippen LogP contribution in [0.1, 0.15) is 0 Å². The first kappa shape index (κ1) is 16.3. The molecule has 0 aliphatic heterocycles. The molecule has 0 aliphatic rings. The maximum Gasteiger partial charge on any atom is 0.341 e. The van der Waals surface area contributed by atoms with Gasteiger partial charge in [0.2, 0.25) is 5.43 Å². The van der Waals surface area contributed by atoms with Crippen molar-refractivity contribution >= 4 is 33.9 Å². The lowest BCUT2D eigenvalue weighted by Crippen LogP contribution is -2.10. The molecule has 8 heteroatoms. The highest BCUT2D eigenvalue weighted by Gasteiger charge is 2.11. The Morgan fingerprint density at radius 1 is 0.840 bits per heavy atom. The summed E-state index contributed by atoms with van der Waals surface area (Å²) in [5, 5.41) is 17.8. The second-order valence-electron chi connectivity index (χ2n) is 5.11. The van der Waals surface area contributed by atoms with Crippen molar-refractivity contribution in [1.29, 1.82) is 0 Å². The minimum absolute atomic E-state index is 0.239. The van der Waals surface area contributed by atoms with Gasteiger partial charge in [-0.05, 0) is 30.3 Å². The topological polar surface area (TPSA) is 123 Å². The van der Waals surface area contributed by atoms with Gasteiger partial charge in [-0.3, -0.25) is 4.79 Å². The maximum atomic E-state index is 12.6. The fourth-order valence-electron chi connectivity index (χ4n) is 2.28. The van der Waals surface area contributed by atoms with Crippen LogP contribution in [0, 0.1) is 0 Å². The lowest BCUT2D eigenvalue weighted by Gasteiger charge is -2.07. The second kappa shape index (κ2) is 6.52. The van der Waals surface area contributed by atoms with E-state index in [1.807, 2.05) is 0 Å². The average Bonchev–Trinajstić information content (AvgIpc) is 2.58. The molecule has 2 aromatic carbocycles. The van der Waals surface area contributed by atoms with E-state index in [0.29, 0.717) is 0 Å². The quantitative estimate of drug-likeness (QED) is 0.650. The summed E-state index contributed by atoms with van der Waals surface area (Å²) in [4.78, 5) is 33.7. The number of hydrogen-bond donors (Lipinski definition) is 2. The van der Waals surface area contributed by atoms with Crippen molar-refractivity contribution < 1.29 is 33.7 Å². The van der Waals surface area contributed by atoms with Crippen LogP contribution in [0.3, 0.4) is 0 Å². The van der Waals surface area contributed by atoms with Gasteiger partial charge in [-0.25, -0.2) is 9.59 Å². The summed E-state index contributed by atoms with van der Waals surface area (Å²) in [6.07, 6.45) is 0. The van der Waals surface area contributed by atoms with Crippen molar-refractivity contribution in [2.24, 2.45) is 0 Å². The number of benzene rings is 2. The van der Waals surface area contributed by atoms with Crippen molar-refractivity contribution in [2.75, 3.05) is 13.2 Å². The van der Waals surface area contributed by atoms with Crippen molar-refractivity contribution in [1.82, 2.24) is 0 Å². The summed E-state index contributed by atoms with van der Waals surface area (Å²) >= 11 is 0. The zero-order valence-electron chi connectivity index (χ0n) is 12.7. The molecule has 0 atom stereocenters. The van der Waals surface area contributed by atoms with Gasteiger partial charge in [0.15, 0.2) is 13.2 Å². The Morgan fingerprint density at radius 3 is 2.08 bits per heavy atom. The molecule has 0 radical (unpaired) electrons. The lowest BCUT2D eigenvalue weighted by atomic mass is 10.1. The summed E-state index contributed by atoms with van der Waals surface area (Å²) in [6.45, 7) is -1.03. The molecule has 25 heavy (non-hydrogen) atoms. The standard InChI is InChI=1S/C17H12O8/c18-15(19)7-23-9-2-4-13-12(5-9)17(22)11-3-1-10(6-14(11)25-13)24-8-16(20)21/h1-6H,7-8H2,(H,18,19)(H,20,21). The number of carbonyl (C=O) groups is 2. The molecule has 0 bridgehead atoms. The highest BCUT2D eigenvalue weighted by molar-refractivity contribution is 5.90. The third-order valence-electron chi connectivity index (χ3n) is 3.34. The fraction of sp³-hybridized carbons (Fsp3) is 0.118. The minimum Gasteiger partial charge on any atom is -0.482 e. The van der Waals surface area contributed by atoms with Crippen molar-refractivity contribution in [3.05, 3.63) is 46.6 Å². The molecule has 128 valence electrons. The molecule has 3 aromatic rings. The molecule has 1 aromatic heterocycles. The van der Waals surface area contributed by atoms with Crippen molar-refractivity contribution in [3.8, 4) is 11.5 Å². The maximum absolute atomic E-state index is 12.6. The summed E-state index contributed by atoms with van der Waals surface area (Å²) < 4.78 is 15.8. The molecular weight excluding hydrogens is 332 g/mol. The van der Waals surface area contributed by atoms with Gasteiger partial charge in [0.25, 0.3) is 0 Å². The van der Waals surface area contributed by atoms with Crippen molar-refractivity contribution in [2.45, 2.75) is 0 Å². The Hall–Kier alpha value is -3.55. The Morgan fingerprint density at radius 2 is 1.44 bits per heavy atom. The Labute approximate surface area is 139 Å². The summed E-state index contributed by atoms with van der Waals surface area (Å²) in [7, 11) is 0. The zero-order valence-corrected chi connectivity index (χ0v) is 12.7. The monoisotopic (exact) mass is 344 g/mol. The first-order valence-corrected chi connectivity index (χ1v) is 7.14. The van der Waals surface area contributed by atoms with E-state index in [0.717, 1.165) is 0 Å². The van der Waals surface area contributed by atoms with Crippen LogP contribution < -0.4 is 14.9 Å². The normalized spacial score (nSPS) is 10.7. The molecule has 0 aliphatic carbocycles. The van der Waals surface area contributed by atoms with Gasteiger partial charge in [0, 0.05) is 6.07 Å². The van der Waals surface area contributed by atoms with Crippen LogP contribution in [0.25, 0.3) is 21.9 Å². The summed E-state index contributed by atoms with van der Waals surface area (Å²) in [5.74, 6) is -1.74. The third kappa shape index (κ3) is 3.52. The van der Waals surface area contributed by atoms with Gasteiger partial charge in [-0.1, -0.05) is 0 Å². The first-order chi connectivity index (χ1) is 11.9. The number of fused-ring (bicyclic) bond motifs is 2. The van der Waals surface area contributed by atoms with Gasteiger partial charge in [0.05, 0.1) is 10.8 Å². The van der Waals surface area contributed by atoms with E-state index >= 15 is 0 Å². The Balaban J connectivity index is 2.03. The predicted octanol–water partition coefficient (Wildman–Crippen LogP) is 1.87. The van der Waals surface area contributed by atoms with Gasteiger partial charge < -0.3 is 24.1 Å². The van der Waals surface area contributed by atoms with E-state index in [-0.39, 0.29) is 38.9 Å². The van der Waals surface area contributed by atoms with Gasteiger partial charge in [-0.15, -0.1) is 0 Å². The van der Waals surface area contributed by atoms with E-state index < -0.39 is 25.2 Å².